The number of pyridine rings is 1. The summed E-state index contributed by atoms with van der Waals surface area (Å²) in [6.45, 7) is 11.1. The van der Waals surface area contributed by atoms with Gasteiger partial charge in [-0.1, -0.05) is 210 Å². The minimum atomic E-state index is -0.575. The van der Waals surface area contributed by atoms with E-state index in [-0.39, 0.29) is 54.4 Å². The first-order valence-electron chi connectivity index (χ1n) is 29.4. The molecule has 364 valence electrons. The molecule has 74 heavy (non-hydrogen) atoms. The summed E-state index contributed by atoms with van der Waals surface area (Å²) >= 11 is 0. The molecule has 0 radical (unpaired) electrons. The van der Waals surface area contributed by atoms with Gasteiger partial charge < -0.3 is 13.9 Å². The van der Waals surface area contributed by atoms with Crippen LogP contribution in [0.4, 0.5) is 0 Å². The number of para-hydroxylation sites is 3. The molecule has 3 aromatic heterocycles. The molecular formula is C68H54N4OPt-2. The van der Waals surface area contributed by atoms with Gasteiger partial charge in [0.05, 0.1) is 30.4 Å². The van der Waals surface area contributed by atoms with Crippen molar-refractivity contribution in [2.75, 3.05) is 0 Å². The van der Waals surface area contributed by atoms with Crippen LogP contribution in [0.1, 0.15) is 59.5 Å². The van der Waals surface area contributed by atoms with Crippen LogP contribution in [-0.2, 0) is 32.9 Å². The van der Waals surface area contributed by atoms with Crippen LogP contribution in [-0.4, -0.2) is 14.1 Å². The summed E-state index contributed by atoms with van der Waals surface area (Å²) < 4.78 is 99.9. The Kier molecular flexibility index (Phi) is 10.2. The molecule has 0 amide bonds. The monoisotopic (exact) mass is 1150 g/mol. The van der Waals surface area contributed by atoms with Gasteiger partial charge in [0, 0.05) is 49.8 Å². The number of ether oxygens (including phenoxy) is 1. The largest absolute Gasteiger partial charge is 0.510 e. The van der Waals surface area contributed by atoms with Gasteiger partial charge in [0.1, 0.15) is 5.82 Å². The second-order valence-electron chi connectivity index (χ2n) is 19.6. The Balaban J connectivity index is 0.00000736. The summed E-state index contributed by atoms with van der Waals surface area (Å²) in [6, 6.07) is 51.1. The van der Waals surface area contributed by atoms with Gasteiger partial charge in [-0.15, -0.1) is 29.7 Å². The van der Waals surface area contributed by atoms with Gasteiger partial charge >= 0.3 is 0 Å². The van der Waals surface area contributed by atoms with Crippen molar-refractivity contribution in [3.05, 3.63) is 248 Å². The number of benzene rings is 9. The Hall–Kier alpha value is -8.11. The quantitative estimate of drug-likeness (QED) is 0.0956. The Labute approximate surface area is 462 Å². The minimum Gasteiger partial charge on any atom is -0.510 e. The van der Waals surface area contributed by atoms with Gasteiger partial charge in [-0.3, -0.25) is 4.57 Å². The van der Waals surface area contributed by atoms with Crippen LogP contribution >= 0.6 is 0 Å². The Morgan fingerprint density at radius 1 is 0.595 bits per heavy atom. The van der Waals surface area contributed by atoms with Crippen LogP contribution in [0.5, 0.6) is 11.5 Å². The number of aromatic nitrogens is 4. The minimum absolute atomic E-state index is 0. The molecule has 0 aliphatic heterocycles. The van der Waals surface area contributed by atoms with E-state index in [0.29, 0.717) is 34.1 Å². The molecule has 0 atom stereocenters. The SMILES string of the molecule is [2H]c1c([2H])c([2H])c(-c2cccc(-c3c([2H])c([2H])c([2H])c([2H])c3[2H])c2-[n+]2[c-]n(-c3[c-]c(Oc4[c-]c5c(cc4)c4cc(-c6ccccc6)ccc4n5-c4cc(CC(C)C)c(-c5ccc(C(C)(C)C)cc5)cn4)ccc3)c3ccccc32)c([2H])c1[2H].[Pt]. The predicted octanol–water partition coefficient (Wildman–Crippen LogP) is 16.8. The van der Waals surface area contributed by atoms with Gasteiger partial charge in [-0.05, 0) is 91.0 Å². The number of hydrogen-bond donors (Lipinski definition) is 0. The van der Waals surface area contributed by atoms with E-state index in [1.165, 1.54) is 11.1 Å². The number of imidazole rings is 1. The molecule has 3 heterocycles. The van der Waals surface area contributed by atoms with E-state index in [1.54, 1.807) is 33.4 Å². The summed E-state index contributed by atoms with van der Waals surface area (Å²) in [6.07, 6.45) is 6.26. The van der Waals surface area contributed by atoms with Gasteiger partial charge in [-0.25, -0.2) is 4.98 Å². The second-order valence-corrected chi connectivity index (χ2v) is 19.6. The normalized spacial score (nSPS) is 13.5. The van der Waals surface area contributed by atoms with Crippen molar-refractivity contribution in [3.63, 3.8) is 0 Å². The zero-order valence-electron chi connectivity index (χ0n) is 51.3. The molecule has 12 aromatic rings. The molecular weight excluding hydrogens is 1080 g/mol. The van der Waals surface area contributed by atoms with Crippen molar-refractivity contribution in [3.8, 4) is 73.2 Å². The van der Waals surface area contributed by atoms with E-state index in [2.05, 4.69) is 124 Å². The molecule has 9 aromatic carbocycles. The topological polar surface area (TPSA) is 35.9 Å². The van der Waals surface area contributed by atoms with Crippen LogP contribution in [0.15, 0.2) is 218 Å². The summed E-state index contributed by atoms with van der Waals surface area (Å²) in [7, 11) is 0. The first-order valence-corrected chi connectivity index (χ1v) is 24.4. The predicted molar refractivity (Wildman–Crippen MR) is 299 cm³/mol. The molecule has 0 saturated carbocycles. The van der Waals surface area contributed by atoms with Gasteiger partial charge in [0.15, 0.2) is 0 Å². The van der Waals surface area contributed by atoms with Crippen LogP contribution in [0.2, 0.25) is 0 Å². The fourth-order valence-corrected chi connectivity index (χ4v) is 9.76. The molecule has 0 bridgehead atoms. The smallest absolute Gasteiger partial charge is 0.268 e. The van der Waals surface area contributed by atoms with Crippen molar-refractivity contribution in [1.29, 1.82) is 0 Å². The average Bonchev–Trinajstić information content (AvgIpc) is 1.53. The van der Waals surface area contributed by atoms with Crippen molar-refractivity contribution < 1.29 is 44.1 Å². The van der Waals surface area contributed by atoms with Gasteiger partial charge in [-0.2, -0.15) is 18.2 Å². The second kappa shape index (κ2) is 20.1. The fourth-order valence-electron chi connectivity index (χ4n) is 9.76. The maximum Gasteiger partial charge on any atom is 0.268 e. The van der Waals surface area contributed by atoms with Gasteiger partial charge in [0.25, 0.3) is 6.33 Å². The summed E-state index contributed by atoms with van der Waals surface area (Å²) in [4.78, 5) is 5.21. The van der Waals surface area contributed by atoms with E-state index in [1.807, 2.05) is 66.9 Å². The summed E-state index contributed by atoms with van der Waals surface area (Å²) in [5.41, 5.74) is 10.3. The van der Waals surface area contributed by atoms with E-state index in [0.717, 1.165) is 56.3 Å². The first kappa shape index (κ1) is 37.6. The van der Waals surface area contributed by atoms with Crippen molar-refractivity contribution in [2.24, 2.45) is 5.92 Å². The third-order valence-corrected chi connectivity index (χ3v) is 13.2. The first-order chi connectivity index (χ1) is 39.8. The third kappa shape index (κ3) is 9.18. The van der Waals surface area contributed by atoms with Crippen molar-refractivity contribution in [1.82, 2.24) is 14.1 Å². The zero-order chi connectivity index (χ0) is 58.3. The Morgan fingerprint density at radius 2 is 1.26 bits per heavy atom. The van der Waals surface area contributed by atoms with Crippen molar-refractivity contribution >= 4 is 32.8 Å². The van der Waals surface area contributed by atoms with Gasteiger partial charge in [0.2, 0.25) is 0 Å². The molecule has 0 aliphatic rings. The molecule has 0 aliphatic carbocycles. The Morgan fingerprint density at radius 3 is 1.96 bits per heavy atom. The van der Waals surface area contributed by atoms with E-state index in [4.69, 9.17) is 23.4 Å². The molecule has 0 unspecified atom stereocenters. The fraction of sp³-hybridized carbons (Fsp3) is 0.118. The van der Waals surface area contributed by atoms with Crippen LogP contribution in [0.3, 0.4) is 0 Å². The number of hydrogen-bond acceptors (Lipinski definition) is 2. The number of rotatable bonds is 11. The summed E-state index contributed by atoms with van der Waals surface area (Å²) in [5, 5.41) is 1.99. The standard InChI is InChI=1S/C68H54N4O.Pt/c1-46(2)39-52-41-66(69-44-61(52)50-31-34-53(35-32-50)68(3,4)5)72-62-38-33-51(47-19-9-6-10-20-47)40-60(62)59-37-36-56(43-65(59)72)73-55-26-17-25-54(42-55)70-45-71(64-30-16-15-29-63(64)70)67-57(48-21-11-7-12-22-48)27-18-28-58(67)49-23-13-8-14-24-49;/h6-38,40-41,44,46H,39H2,1-5H3;/q-2;/i7D,8D,11D,12D,13D,14D,21D,22D,23D,24D;. The molecule has 0 spiro atoms. The molecule has 5 nitrogen and oxygen atoms in total. The Bertz CT molecular complexity index is 4440. The van der Waals surface area contributed by atoms with Crippen molar-refractivity contribution in [2.45, 2.75) is 46.5 Å². The molecule has 12 rings (SSSR count). The third-order valence-electron chi connectivity index (χ3n) is 13.2. The van der Waals surface area contributed by atoms with E-state index >= 15 is 0 Å². The average molecular weight is 1150 g/mol. The maximum atomic E-state index is 9.08. The van der Waals surface area contributed by atoms with Crippen LogP contribution < -0.4 is 9.30 Å². The van der Waals surface area contributed by atoms with Crippen LogP contribution in [0, 0.1) is 24.4 Å². The number of fused-ring (bicyclic) bond motifs is 4. The number of nitrogens with zero attached hydrogens (tertiary/aromatic N) is 4. The molecule has 0 N–H and O–H groups in total. The summed E-state index contributed by atoms with van der Waals surface area (Å²) in [5.74, 6) is 1.89. The van der Waals surface area contributed by atoms with E-state index in [9.17, 15) is 0 Å². The molecule has 6 heteroatoms. The maximum absolute atomic E-state index is 9.08. The molecule has 0 fully saturated rings. The molecule has 0 saturated heterocycles. The van der Waals surface area contributed by atoms with Crippen LogP contribution in [0.25, 0.3) is 94.5 Å². The zero-order valence-corrected chi connectivity index (χ0v) is 43.6. The van der Waals surface area contributed by atoms with E-state index < -0.39 is 60.4 Å².